The molecule has 1 unspecified atom stereocenters. The fraction of sp³-hybridized carbons (Fsp3) is 0.345. The molecule has 2 aliphatic rings. The Labute approximate surface area is 219 Å². The van der Waals surface area contributed by atoms with Gasteiger partial charge in [-0.3, -0.25) is 24.0 Å². The maximum absolute atomic E-state index is 12.2. The monoisotopic (exact) mass is 505 g/mol. The third-order valence-electron chi connectivity index (χ3n) is 5.94. The minimum absolute atomic E-state index is 0. The molecule has 1 atom stereocenters. The maximum atomic E-state index is 12.2. The van der Waals surface area contributed by atoms with Crippen molar-refractivity contribution in [2.75, 3.05) is 0 Å². The molecule has 0 heterocycles. The first-order valence-corrected chi connectivity index (χ1v) is 11.7. The van der Waals surface area contributed by atoms with Gasteiger partial charge in [-0.1, -0.05) is 93.5 Å². The Morgan fingerprint density at radius 1 is 0.722 bits per heavy atom. The minimum Gasteiger partial charge on any atom is -0.298 e. The van der Waals surface area contributed by atoms with E-state index in [2.05, 4.69) is 0 Å². The first kappa shape index (κ1) is 30.9. The molecule has 36 heavy (non-hydrogen) atoms. The zero-order chi connectivity index (χ0) is 24.8. The van der Waals surface area contributed by atoms with Crippen molar-refractivity contribution in [3.8, 4) is 0 Å². The third kappa shape index (κ3) is 7.44. The van der Waals surface area contributed by atoms with E-state index < -0.39 is 5.92 Å². The second kappa shape index (κ2) is 13.8. The van der Waals surface area contributed by atoms with Crippen LogP contribution in [0.1, 0.15) is 67.7 Å². The van der Waals surface area contributed by atoms with Crippen LogP contribution < -0.4 is 0 Å². The molecular weight excluding hydrogens is 475 g/mol. The largest absolute Gasteiger partial charge is 0.298 e. The number of rotatable bonds is 4. The van der Waals surface area contributed by atoms with Gasteiger partial charge in [-0.05, 0) is 18.3 Å². The van der Waals surface area contributed by atoms with Crippen molar-refractivity contribution >= 4 is 48.9 Å². The Kier molecular flexibility index (Phi) is 11.9. The quantitative estimate of drug-likeness (QED) is 0.231. The van der Waals surface area contributed by atoms with Crippen molar-refractivity contribution in [3.63, 3.8) is 0 Å². The van der Waals surface area contributed by atoms with Gasteiger partial charge in [-0.2, -0.15) is 0 Å². The highest BCUT2D eigenvalue weighted by atomic mass is 35.5. The van der Waals surface area contributed by atoms with Crippen LogP contribution in [-0.2, 0) is 14.4 Å². The van der Waals surface area contributed by atoms with Crippen LogP contribution in [0.3, 0.4) is 0 Å². The molecule has 3 radical (unpaired) electrons. The maximum Gasteiger partial charge on any atom is 0.197 e. The van der Waals surface area contributed by atoms with Gasteiger partial charge in [0.25, 0.3) is 0 Å². The normalized spacial score (nSPS) is 21.4. The van der Waals surface area contributed by atoms with Crippen LogP contribution in [0.5, 0.6) is 0 Å². The summed E-state index contributed by atoms with van der Waals surface area (Å²) in [7, 11) is 0. The number of ketones is 5. The van der Waals surface area contributed by atoms with Crippen LogP contribution in [0, 0.1) is 17.8 Å². The lowest BCUT2D eigenvalue weighted by molar-refractivity contribution is -0.134. The van der Waals surface area contributed by atoms with Crippen LogP contribution in [0.4, 0.5) is 0 Å². The van der Waals surface area contributed by atoms with Gasteiger partial charge in [0.1, 0.15) is 5.92 Å². The van der Waals surface area contributed by atoms with Gasteiger partial charge in [0.2, 0.25) is 0 Å². The van der Waals surface area contributed by atoms with Gasteiger partial charge in [0.05, 0.1) is 5.57 Å². The van der Waals surface area contributed by atoms with Crippen molar-refractivity contribution < 1.29 is 24.0 Å². The van der Waals surface area contributed by atoms with Crippen LogP contribution >= 0.6 is 11.6 Å². The smallest absolute Gasteiger partial charge is 0.197 e. The summed E-state index contributed by atoms with van der Waals surface area (Å²) in [5.74, 6) is -1.99. The molecule has 5 nitrogen and oxygen atoms in total. The summed E-state index contributed by atoms with van der Waals surface area (Å²) in [6.45, 7) is 3.82. The molecule has 2 aromatic carbocycles. The van der Waals surface area contributed by atoms with Gasteiger partial charge < -0.3 is 0 Å². The Balaban J connectivity index is 0.000000341. The molecule has 0 saturated heterocycles. The van der Waals surface area contributed by atoms with Gasteiger partial charge >= 0.3 is 0 Å². The summed E-state index contributed by atoms with van der Waals surface area (Å²) >= 11 is 6.06. The molecule has 187 valence electrons. The lowest BCUT2D eigenvalue weighted by Gasteiger charge is -2.22. The van der Waals surface area contributed by atoms with E-state index in [0.717, 1.165) is 0 Å². The van der Waals surface area contributed by atoms with Gasteiger partial charge in [-0.15, -0.1) is 0 Å². The Bertz CT molecular complexity index is 1120. The van der Waals surface area contributed by atoms with E-state index in [1.807, 2.05) is 19.9 Å². The highest BCUT2D eigenvalue weighted by Crippen LogP contribution is 2.31. The van der Waals surface area contributed by atoms with Gasteiger partial charge in [0, 0.05) is 43.8 Å². The number of carbonyl (C=O) groups is 5. The zero-order valence-corrected chi connectivity index (χ0v) is 20.6. The first-order chi connectivity index (χ1) is 16.2. The fourth-order valence-corrected chi connectivity index (χ4v) is 4.72. The van der Waals surface area contributed by atoms with Crippen LogP contribution in [-0.4, -0.2) is 37.3 Å². The third-order valence-corrected chi connectivity index (χ3v) is 6.28. The van der Waals surface area contributed by atoms with E-state index in [-0.39, 0.29) is 62.2 Å². The van der Waals surface area contributed by atoms with E-state index >= 15 is 0 Å². The molecule has 0 bridgehead atoms. The summed E-state index contributed by atoms with van der Waals surface area (Å²) in [6.07, 6.45) is 1.68. The molecule has 1 fully saturated rings. The minimum atomic E-state index is -1.06. The molecule has 2 aromatic rings. The second-order valence-corrected chi connectivity index (χ2v) is 9.48. The topological polar surface area (TPSA) is 85.3 Å². The predicted octanol–water partition coefficient (Wildman–Crippen LogP) is 5.67. The molecule has 0 aromatic heterocycles. The summed E-state index contributed by atoms with van der Waals surface area (Å²) < 4.78 is 0. The molecule has 7 heteroatoms. The molecule has 0 amide bonds. The van der Waals surface area contributed by atoms with Crippen molar-refractivity contribution in [1.82, 2.24) is 0 Å². The fourth-order valence-electron chi connectivity index (χ4n) is 4.27. The van der Waals surface area contributed by atoms with Gasteiger partial charge in [-0.25, -0.2) is 0 Å². The van der Waals surface area contributed by atoms with E-state index in [4.69, 9.17) is 11.6 Å². The van der Waals surface area contributed by atoms with E-state index in [0.29, 0.717) is 41.8 Å². The van der Waals surface area contributed by atoms with E-state index in [9.17, 15) is 24.0 Å². The molecular formula is C29H31BClO5. The van der Waals surface area contributed by atoms with Gasteiger partial charge in [0.15, 0.2) is 28.9 Å². The van der Waals surface area contributed by atoms with E-state index in [1.165, 1.54) is 0 Å². The standard InChI is InChI=1S/C14H13ClO2.C14H14O3.CH4.B/c2*1-9-7-11(15)13(12(16)8-9)14(17)10-5-3-2-4-6-10;;/h2-6,9H,7-8H2,1H3;2-6,9,13H,7-8H2,1H3;1H4;. The molecule has 0 aliphatic heterocycles. The van der Waals surface area contributed by atoms with Crippen molar-refractivity contribution in [2.24, 2.45) is 17.8 Å². The van der Waals surface area contributed by atoms with Crippen molar-refractivity contribution in [3.05, 3.63) is 82.4 Å². The SMILES string of the molecule is C.CC1CC(=O)C(C(=O)c2ccccc2)=C(Cl)C1.CC1CC(=O)C(C(=O)c2ccccc2)C(=O)C1.[B]. The Morgan fingerprint density at radius 3 is 1.64 bits per heavy atom. The number of allylic oxidation sites excluding steroid dienone is 2. The molecule has 0 spiro atoms. The Morgan fingerprint density at radius 2 is 1.17 bits per heavy atom. The van der Waals surface area contributed by atoms with Crippen LogP contribution in [0.25, 0.3) is 0 Å². The molecule has 1 saturated carbocycles. The second-order valence-electron chi connectivity index (χ2n) is 9.02. The average molecular weight is 506 g/mol. The highest BCUT2D eigenvalue weighted by Gasteiger charge is 2.38. The van der Waals surface area contributed by atoms with Crippen molar-refractivity contribution in [2.45, 2.75) is 47.0 Å². The predicted molar refractivity (Wildman–Crippen MR) is 142 cm³/mol. The number of benzene rings is 2. The molecule has 4 rings (SSSR count). The van der Waals surface area contributed by atoms with Crippen molar-refractivity contribution in [1.29, 1.82) is 0 Å². The van der Waals surface area contributed by atoms with Crippen LogP contribution in [0.2, 0.25) is 0 Å². The summed E-state index contributed by atoms with van der Waals surface area (Å²) in [6, 6.07) is 17.3. The first-order valence-electron chi connectivity index (χ1n) is 11.3. The lowest BCUT2D eigenvalue weighted by atomic mass is 9.77. The lowest BCUT2D eigenvalue weighted by Crippen LogP contribution is -2.38. The average Bonchev–Trinajstić information content (AvgIpc) is 2.79. The summed E-state index contributed by atoms with van der Waals surface area (Å²) in [5.41, 5.74) is 1.13. The van der Waals surface area contributed by atoms with E-state index in [1.54, 1.807) is 54.6 Å². The molecule has 0 N–H and O–H groups in total. The Hall–Kier alpha value is -3.12. The highest BCUT2D eigenvalue weighted by molar-refractivity contribution is 6.39. The summed E-state index contributed by atoms with van der Waals surface area (Å²) in [5, 5.41) is 0.405. The number of hydrogen-bond donors (Lipinski definition) is 0. The molecule has 2 aliphatic carbocycles. The number of carbonyl (C=O) groups excluding carboxylic acids is 5. The van der Waals surface area contributed by atoms with Crippen LogP contribution in [0.15, 0.2) is 71.3 Å². The number of halogens is 1. The number of Topliss-reactive ketones (excluding diaryl/α,β-unsaturated/α-hetero) is 5. The zero-order valence-electron chi connectivity index (χ0n) is 19.8. The number of hydrogen-bond acceptors (Lipinski definition) is 5. The summed E-state index contributed by atoms with van der Waals surface area (Å²) in [4.78, 5) is 59.7.